The van der Waals surface area contributed by atoms with Crippen LogP contribution in [0.5, 0.6) is 0 Å². The van der Waals surface area contributed by atoms with Gasteiger partial charge in [0.15, 0.2) is 0 Å². The second kappa shape index (κ2) is 10.4. The van der Waals surface area contributed by atoms with E-state index in [9.17, 15) is 0 Å². The molecule has 4 nitrogen and oxygen atoms in total. The van der Waals surface area contributed by atoms with Crippen molar-refractivity contribution in [2.75, 3.05) is 26.2 Å². The van der Waals surface area contributed by atoms with Crippen LogP contribution in [-0.4, -0.2) is 26.2 Å². The zero-order valence-electron chi connectivity index (χ0n) is 13.6. The third-order valence-electron chi connectivity index (χ3n) is 2.99. The number of rotatable bonds is 2. The Morgan fingerprint density at radius 3 is 2.14 bits per heavy atom. The Morgan fingerprint density at radius 2 is 1.50 bits per heavy atom. The van der Waals surface area contributed by atoms with Crippen LogP contribution in [0.2, 0.25) is 0 Å². The van der Waals surface area contributed by atoms with Gasteiger partial charge in [-0.2, -0.15) is 0 Å². The molecule has 0 radical (unpaired) electrons. The highest BCUT2D eigenvalue weighted by Gasteiger charge is 2.07. The van der Waals surface area contributed by atoms with Crippen molar-refractivity contribution < 1.29 is 4.74 Å². The number of morpholine rings is 1. The SMILES string of the molecule is C=C1NCCN/C1=C/C=C\C.C=C1NCCO/C1=C/C=C\C. The van der Waals surface area contributed by atoms with E-state index in [1.54, 1.807) is 0 Å². The summed E-state index contributed by atoms with van der Waals surface area (Å²) in [6.45, 7) is 15.2. The fourth-order valence-electron chi connectivity index (χ4n) is 1.83. The maximum atomic E-state index is 5.34. The molecule has 2 rings (SSSR count). The molecule has 2 saturated heterocycles. The number of nitrogens with one attached hydrogen (secondary N) is 3. The minimum absolute atomic E-state index is 0.725. The Labute approximate surface area is 134 Å². The zero-order valence-corrected chi connectivity index (χ0v) is 13.6. The zero-order chi connectivity index (χ0) is 16.2. The monoisotopic (exact) mass is 301 g/mol. The Kier molecular flexibility index (Phi) is 8.35. The van der Waals surface area contributed by atoms with Crippen LogP contribution in [0.25, 0.3) is 0 Å². The Morgan fingerprint density at radius 1 is 0.864 bits per heavy atom. The molecule has 0 aromatic carbocycles. The molecule has 4 heteroatoms. The fraction of sp³-hybridized carbons (Fsp3) is 0.333. The third-order valence-corrected chi connectivity index (χ3v) is 2.99. The minimum atomic E-state index is 0.725. The lowest BCUT2D eigenvalue weighted by molar-refractivity contribution is 0.197. The van der Waals surface area contributed by atoms with Crippen molar-refractivity contribution in [2.45, 2.75) is 13.8 Å². The van der Waals surface area contributed by atoms with Crippen LogP contribution in [0.4, 0.5) is 0 Å². The van der Waals surface area contributed by atoms with E-state index in [1.165, 1.54) is 0 Å². The van der Waals surface area contributed by atoms with Gasteiger partial charge in [0.25, 0.3) is 0 Å². The highest BCUT2D eigenvalue weighted by atomic mass is 16.5. The number of piperazine rings is 1. The summed E-state index contributed by atoms with van der Waals surface area (Å²) < 4.78 is 5.34. The number of allylic oxidation sites excluding steroid dienone is 6. The van der Waals surface area contributed by atoms with Gasteiger partial charge in [-0.05, 0) is 26.0 Å². The summed E-state index contributed by atoms with van der Waals surface area (Å²) in [6, 6.07) is 0. The van der Waals surface area contributed by atoms with E-state index in [2.05, 4.69) is 29.1 Å². The van der Waals surface area contributed by atoms with E-state index >= 15 is 0 Å². The van der Waals surface area contributed by atoms with Gasteiger partial charge in [0.2, 0.25) is 0 Å². The lowest BCUT2D eigenvalue weighted by Gasteiger charge is -2.20. The molecule has 2 aliphatic heterocycles. The molecule has 0 aromatic rings. The summed E-state index contributed by atoms with van der Waals surface area (Å²) in [7, 11) is 0. The fourth-order valence-corrected chi connectivity index (χ4v) is 1.83. The largest absolute Gasteiger partial charge is 0.490 e. The topological polar surface area (TPSA) is 45.3 Å². The van der Waals surface area contributed by atoms with Crippen molar-refractivity contribution in [2.24, 2.45) is 0 Å². The smallest absolute Gasteiger partial charge is 0.141 e. The van der Waals surface area contributed by atoms with Crippen LogP contribution >= 0.6 is 0 Å². The van der Waals surface area contributed by atoms with E-state index in [1.807, 2.05) is 50.3 Å². The van der Waals surface area contributed by atoms with E-state index in [0.29, 0.717) is 0 Å². The maximum Gasteiger partial charge on any atom is 0.141 e. The Hall–Kier alpha value is -2.36. The van der Waals surface area contributed by atoms with Gasteiger partial charge in [-0.1, -0.05) is 37.5 Å². The molecule has 0 aliphatic carbocycles. The van der Waals surface area contributed by atoms with Gasteiger partial charge >= 0.3 is 0 Å². The molecule has 2 fully saturated rings. The molecular weight excluding hydrogens is 274 g/mol. The Balaban J connectivity index is 0.000000220. The summed E-state index contributed by atoms with van der Waals surface area (Å²) in [5, 5.41) is 9.55. The van der Waals surface area contributed by atoms with Gasteiger partial charge in [0.1, 0.15) is 12.4 Å². The summed E-state index contributed by atoms with van der Waals surface area (Å²) in [6.07, 6.45) is 11.8. The molecule has 0 bridgehead atoms. The highest BCUT2D eigenvalue weighted by Crippen LogP contribution is 2.10. The van der Waals surface area contributed by atoms with Crippen LogP contribution in [0.3, 0.4) is 0 Å². The molecule has 2 aliphatic rings. The van der Waals surface area contributed by atoms with Gasteiger partial charge in [-0.25, -0.2) is 0 Å². The lowest BCUT2D eigenvalue weighted by Crippen LogP contribution is -2.35. The van der Waals surface area contributed by atoms with Crippen molar-refractivity contribution in [1.82, 2.24) is 16.0 Å². The minimum Gasteiger partial charge on any atom is -0.490 e. The molecular formula is C18H27N3O. The van der Waals surface area contributed by atoms with Crippen molar-refractivity contribution in [3.05, 3.63) is 72.5 Å². The summed E-state index contributed by atoms with van der Waals surface area (Å²) in [5.41, 5.74) is 2.94. The second-order valence-corrected chi connectivity index (χ2v) is 4.75. The highest BCUT2D eigenvalue weighted by molar-refractivity contribution is 5.30. The first-order valence-electron chi connectivity index (χ1n) is 7.58. The number of ether oxygens (including phenoxy) is 1. The van der Waals surface area contributed by atoms with E-state index in [-0.39, 0.29) is 0 Å². The standard InChI is InChI=1S/C9H14N2.C9H13NO/c2*1-3-4-5-9-8(2)10-6-7-11-9/h3-5,10-11H,2,6-7H2,1H3;3-5,10H,2,6-7H2,1H3/b2*4-3-,9-5+. The maximum absolute atomic E-state index is 5.34. The van der Waals surface area contributed by atoms with Crippen LogP contribution in [0, 0.1) is 0 Å². The van der Waals surface area contributed by atoms with Gasteiger partial charge < -0.3 is 20.7 Å². The van der Waals surface area contributed by atoms with Crippen LogP contribution in [-0.2, 0) is 4.74 Å². The van der Waals surface area contributed by atoms with Crippen LogP contribution in [0.15, 0.2) is 72.5 Å². The van der Waals surface area contributed by atoms with Crippen molar-refractivity contribution in [3.8, 4) is 0 Å². The predicted molar refractivity (Wildman–Crippen MR) is 94.0 cm³/mol. The molecule has 0 unspecified atom stereocenters. The van der Waals surface area contributed by atoms with Gasteiger partial charge in [0.05, 0.1) is 17.1 Å². The average Bonchev–Trinajstić information content (AvgIpc) is 2.54. The van der Waals surface area contributed by atoms with E-state index in [4.69, 9.17) is 4.74 Å². The first-order valence-corrected chi connectivity index (χ1v) is 7.58. The lowest BCUT2D eigenvalue weighted by atomic mass is 10.2. The molecule has 3 N–H and O–H groups in total. The molecule has 0 amide bonds. The molecule has 0 atom stereocenters. The quantitative estimate of drug-likeness (QED) is 0.734. The van der Waals surface area contributed by atoms with Gasteiger partial charge in [0, 0.05) is 19.6 Å². The molecule has 0 spiro atoms. The Bertz CT molecular complexity index is 452. The molecule has 22 heavy (non-hydrogen) atoms. The van der Waals surface area contributed by atoms with Crippen molar-refractivity contribution in [1.29, 1.82) is 0 Å². The van der Waals surface area contributed by atoms with Crippen LogP contribution in [0.1, 0.15) is 13.8 Å². The first-order chi connectivity index (χ1) is 10.7. The third kappa shape index (κ3) is 6.39. The molecule has 0 saturated carbocycles. The molecule has 0 aromatic heterocycles. The summed E-state index contributed by atoms with van der Waals surface area (Å²) in [5.74, 6) is 0.842. The van der Waals surface area contributed by atoms with Crippen LogP contribution < -0.4 is 16.0 Å². The molecule has 2 heterocycles. The average molecular weight is 301 g/mol. The van der Waals surface area contributed by atoms with Gasteiger partial charge in [-0.15, -0.1) is 0 Å². The summed E-state index contributed by atoms with van der Waals surface area (Å²) >= 11 is 0. The first kappa shape index (κ1) is 17.7. The summed E-state index contributed by atoms with van der Waals surface area (Å²) in [4.78, 5) is 0. The van der Waals surface area contributed by atoms with E-state index in [0.717, 1.165) is 49.1 Å². The second-order valence-electron chi connectivity index (χ2n) is 4.75. The predicted octanol–water partition coefficient (Wildman–Crippen LogP) is 2.73. The van der Waals surface area contributed by atoms with Crippen molar-refractivity contribution in [3.63, 3.8) is 0 Å². The number of hydrogen-bond donors (Lipinski definition) is 3. The molecule has 120 valence electrons. The van der Waals surface area contributed by atoms with E-state index < -0.39 is 0 Å². The van der Waals surface area contributed by atoms with Crippen molar-refractivity contribution >= 4 is 0 Å². The number of hydrogen-bond acceptors (Lipinski definition) is 4. The van der Waals surface area contributed by atoms with Gasteiger partial charge in [-0.3, -0.25) is 0 Å². The normalized spacial score (nSPS) is 21.9.